The second kappa shape index (κ2) is 6.28. The van der Waals surface area contributed by atoms with Gasteiger partial charge in [0.05, 0.1) is 6.07 Å². The third-order valence-electron chi connectivity index (χ3n) is 2.44. The number of halogens is 3. The Morgan fingerprint density at radius 2 is 1.85 bits per heavy atom. The monoisotopic (exact) mass is 286 g/mol. The molecule has 0 radical (unpaired) electrons. The fourth-order valence-corrected chi connectivity index (χ4v) is 1.38. The molecule has 1 amide bonds. The van der Waals surface area contributed by atoms with Gasteiger partial charge >= 0.3 is 6.36 Å². The van der Waals surface area contributed by atoms with Crippen LogP contribution in [0.5, 0.6) is 5.75 Å². The zero-order valence-electron chi connectivity index (χ0n) is 10.9. The van der Waals surface area contributed by atoms with Crippen molar-refractivity contribution in [3.8, 4) is 11.8 Å². The molecule has 0 aliphatic carbocycles. The van der Waals surface area contributed by atoms with Gasteiger partial charge in [0.15, 0.2) is 0 Å². The predicted octanol–water partition coefficient (Wildman–Crippen LogP) is 2.86. The van der Waals surface area contributed by atoms with Crippen molar-refractivity contribution in [2.75, 3.05) is 0 Å². The zero-order valence-corrected chi connectivity index (χ0v) is 10.9. The molecular weight excluding hydrogens is 273 g/mol. The fraction of sp³-hybridized carbons (Fsp3) is 0.385. The molecular formula is C13H13F3N2O2. The van der Waals surface area contributed by atoms with E-state index in [-0.39, 0.29) is 11.5 Å². The van der Waals surface area contributed by atoms with Gasteiger partial charge in [-0.1, -0.05) is 13.8 Å². The SMILES string of the molecule is CC(C)C(C#N)NC(=O)c1ccc(OC(F)(F)F)cc1. The lowest BCUT2D eigenvalue weighted by Gasteiger charge is -2.15. The molecule has 1 N–H and O–H groups in total. The molecule has 0 aliphatic heterocycles. The number of nitrogens with one attached hydrogen (secondary N) is 1. The van der Waals surface area contributed by atoms with Crippen LogP contribution in [0.3, 0.4) is 0 Å². The van der Waals surface area contributed by atoms with Gasteiger partial charge in [0, 0.05) is 5.56 Å². The molecule has 0 bridgehead atoms. The normalized spacial score (nSPS) is 12.7. The Morgan fingerprint density at radius 1 is 1.30 bits per heavy atom. The van der Waals surface area contributed by atoms with E-state index in [2.05, 4.69) is 10.1 Å². The minimum atomic E-state index is -4.77. The van der Waals surface area contributed by atoms with E-state index in [0.29, 0.717) is 0 Å². The summed E-state index contributed by atoms with van der Waals surface area (Å²) in [5, 5.41) is 11.3. The topological polar surface area (TPSA) is 62.1 Å². The first kappa shape index (κ1) is 15.8. The maximum absolute atomic E-state index is 12.0. The number of alkyl halides is 3. The van der Waals surface area contributed by atoms with Gasteiger partial charge in [0.25, 0.3) is 5.91 Å². The Bertz CT molecular complexity index is 504. The molecule has 0 heterocycles. The van der Waals surface area contributed by atoms with Crippen LogP contribution in [-0.4, -0.2) is 18.3 Å². The van der Waals surface area contributed by atoms with E-state index >= 15 is 0 Å². The maximum Gasteiger partial charge on any atom is 0.573 e. The van der Waals surface area contributed by atoms with Gasteiger partial charge in [-0.2, -0.15) is 5.26 Å². The van der Waals surface area contributed by atoms with Crippen LogP contribution in [0.4, 0.5) is 13.2 Å². The molecule has 0 aliphatic rings. The average molecular weight is 286 g/mol. The molecule has 108 valence electrons. The summed E-state index contributed by atoms with van der Waals surface area (Å²) in [5.41, 5.74) is 0.153. The Morgan fingerprint density at radius 3 is 2.25 bits per heavy atom. The molecule has 0 saturated heterocycles. The summed E-state index contributed by atoms with van der Waals surface area (Å²) >= 11 is 0. The van der Waals surface area contributed by atoms with Crippen LogP contribution >= 0.6 is 0 Å². The minimum Gasteiger partial charge on any atom is -0.406 e. The second-order valence-electron chi connectivity index (χ2n) is 4.40. The van der Waals surface area contributed by atoms with Crippen LogP contribution in [0.15, 0.2) is 24.3 Å². The minimum absolute atomic E-state index is 0.0724. The van der Waals surface area contributed by atoms with Crippen LogP contribution in [0.1, 0.15) is 24.2 Å². The maximum atomic E-state index is 12.0. The number of amides is 1. The van der Waals surface area contributed by atoms with Crippen molar-refractivity contribution in [2.24, 2.45) is 5.92 Å². The van der Waals surface area contributed by atoms with Crippen molar-refractivity contribution >= 4 is 5.91 Å². The van der Waals surface area contributed by atoms with Gasteiger partial charge in [-0.25, -0.2) is 0 Å². The van der Waals surface area contributed by atoms with Gasteiger partial charge < -0.3 is 10.1 Å². The predicted molar refractivity (Wildman–Crippen MR) is 64.8 cm³/mol. The van der Waals surface area contributed by atoms with E-state index in [4.69, 9.17) is 5.26 Å². The standard InChI is InChI=1S/C13H13F3N2O2/c1-8(2)11(7-17)18-12(19)9-3-5-10(6-4-9)20-13(14,15)16/h3-6,8,11H,1-2H3,(H,18,19). The number of nitriles is 1. The summed E-state index contributed by atoms with van der Waals surface area (Å²) in [6.07, 6.45) is -4.77. The molecule has 7 heteroatoms. The van der Waals surface area contributed by atoms with Gasteiger partial charge in [0.1, 0.15) is 11.8 Å². The number of carbonyl (C=O) groups excluding carboxylic acids is 1. The van der Waals surface area contributed by atoms with Crippen LogP contribution in [0, 0.1) is 17.2 Å². The molecule has 4 nitrogen and oxygen atoms in total. The van der Waals surface area contributed by atoms with E-state index in [1.165, 1.54) is 12.1 Å². The lowest BCUT2D eigenvalue weighted by molar-refractivity contribution is -0.274. The highest BCUT2D eigenvalue weighted by Gasteiger charge is 2.31. The molecule has 0 spiro atoms. The summed E-state index contributed by atoms with van der Waals surface area (Å²) in [6, 6.07) is 5.76. The highest BCUT2D eigenvalue weighted by Crippen LogP contribution is 2.22. The number of hydrogen-bond donors (Lipinski definition) is 1. The average Bonchev–Trinajstić information content (AvgIpc) is 2.34. The molecule has 1 atom stereocenters. The van der Waals surface area contributed by atoms with E-state index in [0.717, 1.165) is 12.1 Å². The van der Waals surface area contributed by atoms with Gasteiger partial charge in [-0.3, -0.25) is 4.79 Å². The summed E-state index contributed by atoms with van der Waals surface area (Å²) < 4.78 is 39.6. The lowest BCUT2D eigenvalue weighted by atomic mass is 10.1. The van der Waals surface area contributed by atoms with Crippen molar-refractivity contribution in [1.82, 2.24) is 5.32 Å². The highest BCUT2D eigenvalue weighted by molar-refractivity contribution is 5.94. The van der Waals surface area contributed by atoms with Gasteiger partial charge in [-0.15, -0.1) is 13.2 Å². The fourth-order valence-electron chi connectivity index (χ4n) is 1.38. The van der Waals surface area contributed by atoms with Crippen LogP contribution < -0.4 is 10.1 Å². The zero-order chi connectivity index (χ0) is 15.3. The second-order valence-corrected chi connectivity index (χ2v) is 4.40. The molecule has 1 unspecified atom stereocenters. The van der Waals surface area contributed by atoms with E-state index in [1.807, 2.05) is 6.07 Å². The number of nitrogens with zero attached hydrogens (tertiary/aromatic N) is 1. The molecule has 0 fully saturated rings. The molecule has 1 aromatic rings. The number of rotatable bonds is 4. The van der Waals surface area contributed by atoms with E-state index in [1.54, 1.807) is 13.8 Å². The Kier molecular flexibility index (Phi) is 4.97. The van der Waals surface area contributed by atoms with Crippen LogP contribution in [0.25, 0.3) is 0 Å². The van der Waals surface area contributed by atoms with Crippen molar-refractivity contribution in [1.29, 1.82) is 5.26 Å². The molecule has 0 aromatic heterocycles. The smallest absolute Gasteiger partial charge is 0.406 e. The van der Waals surface area contributed by atoms with Crippen LogP contribution in [-0.2, 0) is 0 Å². The Hall–Kier alpha value is -2.23. The molecule has 20 heavy (non-hydrogen) atoms. The number of hydrogen-bond acceptors (Lipinski definition) is 3. The molecule has 1 rings (SSSR count). The van der Waals surface area contributed by atoms with Gasteiger partial charge in [0.2, 0.25) is 0 Å². The quantitative estimate of drug-likeness (QED) is 0.925. The van der Waals surface area contributed by atoms with Crippen LogP contribution in [0.2, 0.25) is 0 Å². The first-order valence-electron chi connectivity index (χ1n) is 5.79. The first-order valence-corrected chi connectivity index (χ1v) is 5.79. The molecule has 1 aromatic carbocycles. The number of carbonyl (C=O) groups is 1. The highest BCUT2D eigenvalue weighted by atomic mass is 19.4. The summed E-state index contributed by atoms with van der Waals surface area (Å²) in [6.45, 7) is 3.54. The van der Waals surface area contributed by atoms with E-state index in [9.17, 15) is 18.0 Å². The Labute approximate surface area is 114 Å². The molecule has 0 saturated carbocycles. The van der Waals surface area contributed by atoms with Crippen molar-refractivity contribution in [3.63, 3.8) is 0 Å². The van der Waals surface area contributed by atoms with Gasteiger partial charge in [-0.05, 0) is 30.2 Å². The van der Waals surface area contributed by atoms with Crippen molar-refractivity contribution < 1.29 is 22.7 Å². The number of ether oxygens (including phenoxy) is 1. The van der Waals surface area contributed by atoms with Crippen molar-refractivity contribution in [2.45, 2.75) is 26.3 Å². The Balaban J connectivity index is 2.74. The van der Waals surface area contributed by atoms with Crippen molar-refractivity contribution in [3.05, 3.63) is 29.8 Å². The summed E-state index contributed by atoms with van der Waals surface area (Å²) in [4.78, 5) is 11.8. The van der Waals surface area contributed by atoms with E-state index < -0.39 is 24.1 Å². The third-order valence-corrected chi connectivity index (χ3v) is 2.44. The lowest BCUT2D eigenvalue weighted by Crippen LogP contribution is -2.37. The largest absolute Gasteiger partial charge is 0.573 e. The number of benzene rings is 1. The summed E-state index contributed by atoms with van der Waals surface area (Å²) in [5.74, 6) is -1.00. The first-order chi connectivity index (χ1) is 9.23. The third kappa shape index (κ3) is 4.80. The summed E-state index contributed by atoms with van der Waals surface area (Å²) in [7, 11) is 0.